The predicted molar refractivity (Wildman–Crippen MR) is 52.9 cm³/mol. The van der Waals surface area contributed by atoms with Gasteiger partial charge < -0.3 is 15.2 Å². The Morgan fingerprint density at radius 2 is 2.21 bits per heavy atom. The van der Waals surface area contributed by atoms with Crippen molar-refractivity contribution in [1.82, 2.24) is 5.32 Å². The average Bonchev–Trinajstić information content (AvgIpc) is 2.10. The van der Waals surface area contributed by atoms with E-state index in [1.165, 1.54) is 0 Å². The number of aliphatic hydroxyl groups is 1. The highest BCUT2D eigenvalue weighted by molar-refractivity contribution is 5.75. The molecule has 0 radical (unpaired) electrons. The Bertz CT molecular complexity index is 190. The minimum absolute atomic E-state index is 0.184. The molecule has 1 aliphatic rings. The van der Waals surface area contributed by atoms with Crippen molar-refractivity contribution in [3.8, 4) is 0 Å². The average molecular weight is 201 g/mol. The molecule has 0 aromatic rings. The molecule has 0 aromatic heterocycles. The van der Waals surface area contributed by atoms with Crippen molar-refractivity contribution in [2.24, 2.45) is 0 Å². The Kier molecular flexibility index (Phi) is 4.35. The molecule has 0 amide bonds. The quantitative estimate of drug-likeness (QED) is 0.634. The molecule has 0 aliphatic heterocycles. The summed E-state index contributed by atoms with van der Waals surface area (Å²) in [7, 11) is 0. The summed E-state index contributed by atoms with van der Waals surface area (Å²) in [4.78, 5) is 11.4. The molecule has 1 unspecified atom stereocenters. The fraction of sp³-hybridized carbons (Fsp3) is 0.900. The molecule has 82 valence electrons. The van der Waals surface area contributed by atoms with Crippen molar-refractivity contribution in [2.75, 3.05) is 6.61 Å². The Morgan fingerprint density at radius 1 is 1.57 bits per heavy atom. The number of hydrogen-bond donors (Lipinski definition) is 2. The van der Waals surface area contributed by atoms with Gasteiger partial charge in [-0.1, -0.05) is 6.92 Å². The van der Waals surface area contributed by atoms with Crippen LogP contribution in [0, 0.1) is 0 Å². The second kappa shape index (κ2) is 5.32. The maximum atomic E-state index is 11.4. The van der Waals surface area contributed by atoms with Crippen LogP contribution >= 0.6 is 0 Å². The first kappa shape index (κ1) is 11.5. The van der Waals surface area contributed by atoms with Gasteiger partial charge in [-0.25, -0.2) is 0 Å². The zero-order chi connectivity index (χ0) is 10.6. The number of carbonyl (C=O) groups excluding carboxylic acids is 1. The SMILES string of the molecule is CCOC(=O)C(CC)NC1CC(O)C1. The van der Waals surface area contributed by atoms with Gasteiger partial charge in [-0.05, 0) is 26.2 Å². The highest BCUT2D eigenvalue weighted by Gasteiger charge is 2.30. The fourth-order valence-corrected chi connectivity index (χ4v) is 1.60. The maximum Gasteiger partial charge on any atom is 0.323 e. The molecule has 0 bridgehead atoms. The van der Waals surface area contributed by atoms with Crippen LogP contribution in [0.15, 0.2) is 0 Å². The van der Waals surface area contributed by atoms with Crippen molar-refractivity contribution in [2.45, 2.75) is 51.3 Å². The molecule has 1 saturated carbocycles. The maximum absolute atomic E-state index is 11.4. The van der Waals surface area contributed by atoms with Gasteiger partial charge in [-0.2, -0.15) is 0 Å². The van der Waals surface area contributed by atoms with Crippen LogP contribution in [0.5, 0.6) is 0 Å². The van der Waals surface area contributed by atoms with Crippen molar-refractivity contribution >= 4 is 5.97 Å². The molecule has 1 fully saturated rings. The lowest BCUT2D eigenvalue weighted by Gasteiger charge is -2.34. The van der Waals surface area contributed by atoms with E-state index in [1.807, 2.05) is 6.92 Å². The first-order chi connectivity index (χ1) is 6.67. The topological polar surface area (TPSA) is 58.6 Å². The molecule has 1 rings (SSSR count). The summed E-state index contributed by atoms with van der Waals surface area (Å²) < 4.78 is 4.93. The molecular formula is C10H19NO3. The predicted octanol–water partition coefficient (Wildman–Crippen LogP) is 0.441. The molecule has 14 heavy (non-hydrogen) atoms. The highest BCUT2D eigenvalue weighted by Crippen LogP contribution is 2.20. The van der Waals surface area contributed by atoms with E-state index in [0.29, 0.717) is 6.61 Å². The number of ether oxygens (including phenoxy) is 1. The smallest absolute Gasteiger partial charge is 0.323 e. The lowest BCUT2D eigenvalue weighted by Crippen LogP contribution is -2.51. The highest BCUT2D eigenvalue weighted by atomic mass is 16.5. The van der Waals surface area contributed by atoms with Crippen molar-refractivity contribution in [3.05, 3.63) is 0 Å². The molecule has 2 N–H and O–H groups in total. The monoisotopic (exact) mass is 201 g/mol. The van der Waals surface area contributed by atoms with Crippen LogP contribution < -0.4 is 5.32 Å². The first-order valence-corrected chi connectivity index (χ1v) is 5.28. The van der Waals surface area contributed by atoms with Gasteiger partial charge in [0.2, 0.25) is 0 Å². The van der Waals surface area contributed by atoms with Crippen molar-refractivity contribution < 1.29 is 14.6 Å². The normalized spacial score (nSPS) is 27.9. The van der Waals surface area contributed by atoms with E-state index in [-0.39, 0.29) is 24.2 Å². The van der Waals surface area contributed by atoms with Crippen molar-refractivity contribution in [3.63, 3.8) is 0 Å². The largest absolute Gasteiger partial charge is 0.465 e. The van der Waals surface area contributed by atoms with E-state index in [2.05, 4.69) is 5.32 Å². The summed E-state index contributed by atoms with van der Waals surface area (Å²) in [6, 6.07) is 0.0619. The van der Waals surface area contributed by atoms with Gasteiger partial charge in [0.25, 0.3) is 0 Å². The number of hydrogen-bond acceptors (Lipinski definition) is 4. The molecule has 1 aliphatic carbocycles. The van der Waals surface area contributed by atoms with E-state index in [9.17, 15) is 4.79 Å². The van der Waals surface area contributed by atoms with Crippen LogP contribution in [0.3, 0.4) is 0 Å². The lowest BCUT2D eigenvalue weighted by atomic mass is 9.89. The van der Waals surface area contributed by atoms with Crippen LogP contribution in [0.4, 0.5) is 0 Å². The van der Waals surface area contributed by atoms with Crippen LogP contribution in [-0.2, 0) is 9.53 Å². The molecule has 0 saturated heterocycles. The van der Waals surface area contributed by atoms with Gasteiger partial charge in [-0.3, -0.25) is 4.79 Å². The van der Waals surface area contributed by atoms with E-state index in [4.69, 9.17) is 9.84 Å². The number of aliphatic hydroxyl groups excluding tert-OH is 1. The number of esters is 1. The van der Waals surface area contributed by atoms with Gasteiger partial charge in [-0.15, -0.1) is 0 Å². The Morgan fingerprint density at radius 3 is 2.64 bits per heavy atom. The van der Waals surface area contributed by atoms with Gasteiger partial charge in [0, 0.05) is 6.04 Å². The number of carbonyl (C=O) groups is 1. The third-order valence-corrected chi connectivity index (χ3v) is 2.53. The standard InChI is InChI=1S/C10H19NO3/c1-3-9(10(13)14-4-2)11-7-5-8(12)6-7/h7-9,11-12H,3-6H2,1-2H3. The van der Waals surface area contributed by atoms with Crippen LogP contribution in [0.1, 0.15) is 33.1 Å². The zero-order valence-electron chi connectivity index (χ0n) is 8.82. The molecule has 4 nitrogen and oxygen atoms in total. The van der Waals surface area contributed by atoms with E-state index in [0.717, 1.165) is 19.3 Å². The fourth-order valence-electron chi connectivity index (χ4n) is 1.60. The van der Waals surface area contributed by atoms with Gasteiger partial charge >= 0.3 is 5.97 Å². The first-order valence-electron chi connectivity index (χ1n) is 5.28. The number of rotatable bonds is 5. The summed E-state index contributed by atoms with van der Waals surface area (Å²) in [5.74, 6) is -0.184. The summed E-state index contributed by atoms with van der Waals surface area (Å²) in [6.45, 7) is 4.17. The second-order valence-electron chi connectivity index (χ2n) is 3.70. The molecule has 0 aromatic carbocycles. The van der Waals surface area contributed by atoms with E-state index < -0.39 is 0 Å². The molecule has 1 atom stereocenters. The summed E-state index contributed by atoms with van der Waals surface area (Å²) in [5, 5.41) is 12.3. The van der Waals surface area contributed by atoms with Crippen molar-refractivity contribution in [1.29, 1.82) is 0 Å². The third kappa shape index (κ3) is 2.96. The van der Waals surface area contributed by atoms with E-state index in [1.54, 1.807) is 6.92 Å². The van der Waals surface area contributed by atoms with E-state index >= 15 is 0 Å². The lowest BCUT2D eigenvalue weighted by molar-refractivity contribution is -0.146. The zero-order valence-corrected chi connectivity index (χ0v) is 8.82. The summed E-state index contributed by atoms with van der Waals surface area (Å²) >= 11 is 0. The summed E-state index contributed by atoms with van der Waals surface area (Å²) in [6.07, 6.45) is 2.03. The van der Waals surface area contributed by atoms with Crippen LogP contribution in [0.2, 0.25) is 0 Å². The Hall–Kier alpha value is -0.610. The van der Waals surface area contributed by atoms with Crippen LogP contribution in [-0.4, -0.2) is 35.9 Å². The van der Waals surface area contributed by atoms with Crippen LogP contribution in [0.25, 0.3) is 0 Å². The van der Waals surface area contributed by atoms with Gasteiger partial charge in [0.15, 0.2) is 0 Å². The minimum Gasteiger partial charge on any atom is -0.465 e. The number of nitrogens with one attached hydrogen (secondary N) is 1. The van der Waals surface area contributed by atoms with Gasteiger partial charge in [0.05, 0.1) is 12.7 Å². The third-order valence-electron chi connectivity index (χ3n) is 2.53. The molecule has 0 spiro atoms. The Labute approximate surface area is 84.6 Å². The molecular weight excluding hydrogens is 182 g/mol. The minimum atomic E-state index is -0.215. The summed E-state index contributed by atoms with van der Waals surface area (Å²) in [5.41, 5.74) is 0. The second-order valence-corrected chi connectivity index (χ2v) is 3.70. The Balaban J connectivity index is 2.27. The molecule has 0 heterocycles. The van der Waals surface area contributed by atoms with Gasteiger partial charge in [0.1, 0.15) is 6.04 Å². The molecule has 4 heteroatoms.